The number of rotatable bonds is 7. The van der Waals surface area contributed by atoms with E-state index in [0.717, 1.165) is 19.1 Å². The summed E-state index contributed by atoms with van der Waals surface area (Å²) in [5.41, 5.74) is 1.72. The molecule has 0 atom stereocenters. The Morgan fingerprint density at radius 2 is 2.04 bits per heavy atom. The Kier molecular flexibility index (Phi) is 5.54. The molecule has 1 fully saturated rings. The van der Waals surface area contributed by atoms with Crippen molar-refractivity contribution in [3.63, 3.8) is 0 Å². The Balaban J connectivity index is 1.84. The number of carbonyl (C=O) groups excluding carboxylic acids is 1. The van der Waals surface area contributed by atoms with Crippen molar-refractivity contribution >= 4 is 27.5 Å². The number of hydrogen-bond acceptors (Lipinski definition) is 6. The van der Waals surface area contributed by atoms with Crippen LogP contribution in [0.15, 0.2) is 30.5 Å². The molecule has 3 rings (SSSR count). The first-order valence-corrected chi connectivity index (χ1v) is 10.9. The summed E-state index contributed by atoms with van der Waals surface area (Å²) in [6, 6.07) is 6.33. The first kappa shape index (κ1) is 20.4. The minimum atomic E-state index is -3.66. The van der Waals surface area contributed by atoms with Crippen molar-refractivity contribution in [2.75, 3.05) is 20.0 Å². The molecular weight excluding hydrogens is 404 g/mol. The number of benzene rings is 1. The molecule has 1 saturated carbocycles. The van der Waals surface area contributed by atoms with Crippen LogP contribution in [0.1, 0.15) is 30.1 Å². The first-order chi connectivity index (χ1) is 13.1. The molecule has 1 aliphatic carbocycles. The van der Waals surface area contributed by atoms with Crippen molar-refractivity contribution in [1.29, 1.82) is 0 Å². The van der Waals surface area contributed by atoms with Gasteiger partial charge in [0.25, 0.3) is 5.91 Å². The first-order valence-electron chi connectivity index (χ1n) is 8.59. The van der Waals surface area contributed by atoms with Crippen LogP contribution in [0.25, 0.3) is 11.1 Å². The molecule has 7 nitrogen and oxygen atoms in total. The molecular formula is C19H21ClN2O5S. The number of sulfonamides is 1. The molecule has 0 radical (unpaired) electrons. The molecule has 0 unspecified atom stereocenters. The standard InChI is InChI=1S/C19H21ClN2O5S/c1-19(6-7-19)11-27-18-15(20)8-13(10-21-18)14-5-4-12(9-16(14)26-2)17(23)22-28(3,24)25/h4-5,8-10H,6-7,11H2,1-3H3,(H,22,23). The van der Waals surface area contributed by atoms with Gasteiger partial charge in [-0.05, 0) is 37.1 Å². The van der Waals surface area contributed by atoms with Crippen LogP contribution in [0, 0.1) is 5.41 Å². The van der Waals surface area contributed by atoms with Gasteiger partial charge < -0.3 is 9.47 Å². The molecule has 0 spiro atoms. The zero-order chi connectivity index (χ0) is 20.5. The number of hydrogen-bond donors (Lipinski definition) is 1. The van der Waals surface area contributed by atoms with Crippen LogP contribution in [0.2, 0.25) is 5.02 Å². The van der Waals surface area contributed by atoms with Crippen LogP contribution in [0.3, 0.4) is 0 Å². The van der Waals surface area contributed by atoms with E-state index in [9.17, 15) is 13.2 Å². The van der Waals surface area contributed by atoms with E-state index >= 15 is 0 Å². The Hall–Kier alpha value is -2.32. The van der Waals surface area contributed by atoms with Crippen molar-refractivity contribution in [2.24, 2.45) is 5.41 Å². The lowest BCUT2D eigenvalue weighted by Crippen LogP contribution is -2.29. The number of aromatic nitrogens is 1. The SMILES string of the molecule is COc1cc(C(=O)NS(C)(=O)=O)ccc1-c1cnc(OCC2(C)CC2)c(Cl)c1. The van der Waals surface area contributed by atoms with Gasteiger partial charge in [-0.1, -0.05) is 18.5 Å². The highest BCUT2D eigenvalue weighted by Gasteiger charge is 2.38. The molecule has 1 aliphatic rings. The van der Waals surface area contributed by atoms with E-state index in [1.54, 1.807) is 18.3 Å². The van der Waals surface area contributed by atoms with Crippen molar-refractivity contribution in [3.8, 4) is 22.8 Å². The zero-order valence-corrected chi connectivity index (χ0v) is 17.4. The van der Waals surface area contributed by atoms with Crippen LogP contribution in [0.5, 0.6) is 11.6 Å². The second-order valence-corrected chi connectivity index (χ2v) is 9.38. The second kappa shape index (κ2) is 7.60. The maximum absolute atomic E-state index is 12.0. The summed E-state index contributed by atoms with van der Waals surface area (Å²) in [4.78, 5) is 16.3. The van der Waals surface area contributed by atoms with Crippen LogP contribution in [-0.4, -0.2) is 39.3 Å². The molecule has 28 heavy (non-hydrogen) atoms. The summed E-state index contributed by atoms with van der Waals surface area (Å²) >= 11 is 6.32. The molecule has 0 bridgehead atoms. The molecule has 1 heterocycles. The van der Waals surface area contributed by atoms with Gasteiger partial charge in [-0.15, -0.1) is 0 Å². The highest BCUT2D eigenvalue weighted by molar-refractivity contribution is 7.89. The molecule has 1 aromatic carbocycles. The lowest BCUT2D eigenvalue weighted by molar-refractivity contribution is 0.0981. The van der Waals surface area contributed by atoms with Crippen molar-refractivity contribution in [1.82, 2.24) is 9.71 Å². The second-order valence-electron chi connectivity index (χ2n) is 7.23. The van der Waals surface area contributed by atoms with Gasteiger partial charge in [0.15, 0.2) is 0 Å². The van der Waals surface area contributed by atoms with E-state index in [1.165, 1.54) is 19.2 Å². The topological polar surface area (TPSA) is 94.6 Å². The largest absolute Gasteiger partial charge is 0.496 e. The molecule has 1 N–H and O–H groups in total. The van der Waals surface area contributed by atoms with E-state index in [0.29, 0.717) is 34.4 Å². The van der Waals surface area contributed by atoms with Crippen molar-refractivity contribution in [3.05, 3.63) is 41.0 Å². The number of ether oxygens (including phenoxy) is 2. The molecule has 150 valence electrons. The fraction of sp³-hybridized carbons (Fsp3) is 0.368. The Bertz CT molecular complexity index is 1020. The van der Waals surface area contributed by atoms with Gasteiger partial charge in [0.1, 0.15) is 10.8 Å². The molecule has 9 heteroatoms. The van der Waals surface area contributed by atoms with Crippen LogP contribution >= 0.6 is 11.6 Å². The van der Waals surface area contributed by atoms with Gasteiger partial charge >= 0.3 is 0 Å². The van der Waals surface area contributed by atoms with Gasteiger partial charge in [-0.25, -0.2) is 18.1 Å². The fourth-order valence-corrected chi connectivity index (χ4v) is 3.25. The van der Waals surface area contributed by atoms with Gasteiger partial charge in [0.05, 0.1) is 20.0 Å². The summed E-state index contributed by atoms with van der Waals surface area (Å²) in [7, 11) is -2.20. The number of carbonyl (C=O) groups is 1. The Morgan fingerprint density at radius 3 is 2.61 bits per heavy atom. The molecule has 0 aliphatic heterocycles. The third-order valence-electron chi connectivity index (χ3n) is 4.52. The minimum Gasteiger partial charge on any atom is -0.496 e. The van der Waals surface area contributed by atoms with Gasteiger partial charge in [0.2, 0.25) is 15.9 Å². The normalized spacial score (nSPS) is 15.0. The van der Waals surface area contributed by atoms with Gasteiger partial charge in [-0.3, -0.25) is 4.79 Å². The molecule has 1 aromatic heterocycles. The van der Waals surface area contributed by atoms with Gasteiger partial charge in [-0.2, -0.15) is 0 Å². The average Bonchev–Trinajstić information content (AvgIpc) is 3.36. The number of nitrogens with zero attached hydrogens (tertiary/aromatic N) is 1. The quantitative estimate of drug-likeness (QED) is 0.732. The zero-order valence-electron chi connectivity index (χ0n) is 15.8. The van der Waals surface area contributed by atoms with E-state index < -0.39 is 15.9 Å². The van der Waals surface area contributed by atoms with E-state index in [1.807, 2.05) is 4.72 Å². The lowest BCUT2D eigenvalue weighted by atomic mass is 10.0. The monoisotopic (exact) mass is 424 g/mol. The van der Waals surface area contributed by atoms with E-state index in [-0.39, 0.29) is 11.0 Å². The van der Waals surface area contributed by atoms with E-state index in [2.05, 4.69) is 11.9 Å². The minimum absolute atomic E-state index is 0.155. The van der Waals surface area contributed by atoms with Crippen LogP contribution < -0.4 is 14.2 Å². The Morgan fingerprint density at radius 1 is 1.32 bits per heavy atom. The van der Waals surface area contributed by atoms with Gasteiger partial charge in [0, 0.05) is 28.3 Å². The lowest BCUT2D eigenvalue weighted by Gasteiger charge is -2.14. The average molecular weight is 425 g/mol. The fourth-order valence-electron chi connectivity index (χ4n) is 2.58. The number of methoxy groups -OCH3 is 1. The summed E-state index contributed by atoms with van der Waals surface area (Å²) in [6.45, 7) is 2.73. The van der Waals surface area contributed by atoms with Crippen LogP contribution in [-0.2, 0) is 10.0 Å². The molecule has 2 aromatic rings. The maximum Gasteiger partial charge on any atom is 0.264 e. The molecule has 1 amide bonds. The number of nitrogens with one attached hydrogen (secondary N) is 1. The van der Waals surface area contributed by atoms with E-state index in [4.69, 9.17) is 21.1 Å². The summed E-state index contributed by atoms with van der Waals surface area (Å²) in [6.07, 6.45) is 4.81. The predicted molar refractivity (Wildman–Crippen MR) is 106 cm³/mol. The highest BCUT2D eigenvalue weighted by atomic mass is 35.5. The highest BCUT2D eigenvalue weighted by Crippen LogP contribution is 2.45. The summed E-state index contributed by atoms with van der Waals surface area (Å²) in [5.74, 6) is 0.0284. The summed E-state index contributed by atoms with van der Waals surface area (Å²) < 4.78 is 35.5. The third-order valence-corrected chi connectivity index (χ3v) is 5.35. The smallest absolute Gasteiger partial charge is 0.264 e. The number of halogens is 1. The van der Waals surface area contributed by atoms with Crippen molar-refractivity contribution in [2.45, 2.75) is 19.8 Å². The number of pyridine rings is 1. The maximum atomic E-state index is 12.0. The predicted octanol–water partition coefficient (Wildman–Crippen LogP) is 3.28. The number of amides is 1. The van der Waals surface area contributed by atoms with Crippen molar-refractivity contribution < 1.29 is 22.7 Å². The molecule has 0 saturated heterocycles. The summed E-state index contributed by atoms with van der Waals surface area (Å²) in [5, 5.41) is 0.377. The Labute approximate surface area is 169 Å². The van der Waals surface area contributed by atoms with Crippen LogP contribution in [0.4, 0.5) is 0 Å². The third kappa shape index (κ3) is 4.94.